The first-order valence-corrected chi connectivity index (χ1v) is 20.5. The van der Waals surface area contributed by atoms with E-state index in [0.29, 0.717) is 0 Å². The minimum atomic E-state index is 0.861. The Hall–Kier alpha value is -8.08. The maximum absolute atomic E-state index is 5.45. The molecule has 0 aliphatic carbocycles. The topological polar surface area (TPSA) is 35.6 Å². The molecular formula is C56H34N4. The maximum atomic E-state index is 5.45. The predicted octanol–water partition coefficient (Wildman–Crippen LogP) is 14.6. The molecule has 0 radical (unpaired) electrons. The van der Waals surface area contributed by atoms with Crippen molar-refractivity contribution in [1.29, 1.82) is 0 Å². The van der Waals surface area contributed by atoms with E-state index in [1.54, 1.807) is 0 Å². The van der Waals surface area contributed by atoms with Gasteiger partial charge in [-0.2, -0.15) is 0 Å². The van der Waals surface area contributed by atoms with Crippen LogP contribution in [0.3, 0.4) is 0 Å². The Morgan fingerprint density at radius 3 is 1.80 bits per heavy atom. The van der Waals surface area contributed by atoms with E-state index in [2.05, 4.69) is 203 Å². The first kappa shape index (κ1) is 32.9. The van der Waals surface area contributed by atoms with Crippen LogP contribution in [-0.4, -0.2) is 19.1 Å². The van der Waals surface area contributed by atoms with E-state index in [4.69, 9.17) is 9.97 Å². The van der Waals surface area contributed by atoms with Gasteiger partial charge in [-0.3, -0.25) is 0 Å². The number of aromatic nitrogens is 4. The van der Waals surface area contributed by atoms with Gasteiger partial charge < -0.3 is 9.13 Å². The summed E-state index contributed by atoms with van der Waals surface area (Å²) in [5.41, 5.74) is 12.5. The van der Waals surface area contributed by atoms with E-state index in [9.17, 15) is 0 Å². The second-order valence-electron chi connectivity index (χ2n) is 15.7. The molecule has 0 bridgehead atoms. The second-order valence-corrected chi connectivity index (χ2v) is 15.7. The van der Waals surface area contributed by atoms with Gasteiger partial charge in [0.05, 0.1) is 50.2 Å². The Bertz CT molecular complexity index is 3890. The highest BCUT2D eigenvalue weighted by molar-refractivity contribution is 6.24. The van der Waals surface area contributed by atoms with Gasteiger partial charge in [-0.25, -0.2) is 9.97 Å². The Morgan fingerprint density at radius 1 is 0.317 bits per heavy atom. The molecule has 4 nitrogen and oxygen atoms in total. The molecule has 3 aromatic heterocycles. The third-order valence-electron chi connectivity index (χ3n) is 12.4. The van der Waals surface area contributed by atoms with Crippen molar-refractivity contribution >= 4 is 87.0 Å². The molecule has 3 heterocycles. The quantitative estimate of drug-likeness (QED) is 0.179. The minimum Gasteiger partial charge on any atom is -0.309 e. The predicted molar refractivity (Wildman–Crippen MR) is 252 cm³/mol. The third-order valence-corrected chi connectivity index (χ3v) is 12.4. The molecule has 0 spiro atoms. The zero-order valence-electron chi connectivity index (χ0n) is 32.4. The van der Waals surface area contributed by atoms with E-state index in [1.807, 2.05) is 12.1 Å². The van der Waals surface area contributed by atoms with Gasteiger partial charge in [-0.15, -0.1) is 0 Å². The summed E-state index contributed by atoms with van der Waals surface area (Å²) in [5.74, 6) is 0. The number of benzene rings is 10. The normalized spacial score (nSPS) is 12.0. The van der Waals surface area contributed by atoms with Crippen LogP contribution in [0.25, 0.3) is 121 Å². The van der Waals surface area contributed by atoms with Crippen molar-refractivity contribution < 1.29 is 0 Å². The standard InChI is InChI=1S/C56H34N4/c1-2-17-39(18-3-1)59-49-26-11-8-20-43(49)45-33-38(29-30-51(45)59)55-56(58-48-25-10-9-24-47(48)57-55)44-23-12-22-42-41(44)21-13-27-50(42)60-52-31-28-35-14-6-7-19-40(35)54(52)46-32-36-15-4-5-16-37(36)34-53(46)60/h1-34H. The van der Waals surface area contributed by atoms with E-state index in [1.165, 1.54) is 59.6 Å². The van der Waals surface area contributed by atoms with Crippen LogP contribution < -0.4 is 0 Å². The maximum Gasteiger partial charge on any atom is 0.0979 e. The molecule has 0 saturated heterocycles. The fourth-order valence-electron chi connectivity index (χ4n) is 9.79. The number of hydrogen-bond acceptors (Lipinski definition) is 2. The van der Waals surface area contributed by atoms with Gasteiger partial charge in [0.15, 0.2) is 0 Å². The number of fused-ring (bicyclic) bond motifs is 11. The Kier molecular flexibility index (Phi) is 6.98. The molecule has 10 aromatic carbocycles. The van der Waals surface area contributed by atoms with Gasteiger partial charge in [0.25, 0.3) is 0 Å². The van der Waals surface area contributed by atoms with Crippen molar-refractivity contribution in [3.63, 3.8) is 0 Å². The van der Waals surface area contributed by atoms with Crippen LogP contribution in [0.15, 0.2) is 206 Å². The molecule has 0 fully saturated rings. The first-order chi connectivity index (χ1) is 29.8. The van der Waals surface area contributed by atoms with Gasteiger partial charge >= 0.3 is 0 Å². The molecule has 13 aromatic rings. The smallest absolute Gasteiger partial charge is 0.0979 e. The van der Waals surface area contributed by atoms with Crippen molar-refractivity contribution in [3.8, 4) is 33.9 Å². The second kappa shape index (κ2) is 12.7. The highest BCUT2D eigenvalue weighted by atomic mass is 15.0. The summed E-state index contributed by atoms with van der Waals surface area (Å²) < 4.78 is 4.83. The molecule has 278 valence electrons. The molecular weight excluding hydrogens is 729 g/mol. The first-order valence-electron chi connectivity index (χ1n) is 20.5. The number of nitrogens with zero attached hydrogens (tertiary/aromatic N) is 4. The van der Waals surface area contributed by atoms with Crippen molar-refractivity contribution in [3.05, 3.63) is 206 Å². The fourth-order valence-corrected chi connectivity index (χ4v) is 9.79. The van der Waals surface area contributed by atoms with Crippen molar-refractivity contribution in [2.75, 3.05) is 0 Å². The molecule has 0 N–H and O–H groups in total. The van der Waals surface area contributed by atoms with Crippen LogP contribution in [0, 0.1) is 0 Å². The summed E-state index contributed by atoms with van der Waals surface area (Å²) in [4.78, 5) is 10.9. The summed E-state index contributed by atoms with van der Waals surface area (Å²) in [6.07, 6.45) is 0. The van der Waals surface area contributed by atoms with Gasteiger partial charge in [0.2, 0.25) is 0 Å². The number of hydrogen-bond donors (Lipinski definition) is 0. The molecule has 0 aliphatic rings. The zero-order chi connectivity index (χ0) is 39.3. The zero-order valence-corrected chi connectivity index (χ0v) is 32.4. The molecule has 0 saturated carbocycles. The van der Waals surface area contributed by atoms with E-state index < -0.39 is 0 Å². The summed E-state index contributed by atoms with van der Waals surface area (Å²) in [6.45, 7) is 0. The van der Waals surface area contributed by atoms with E-state index in [0.717, 1.165) is 61.2 Å². The van der Waals surface area contributed by atoms with Crippen LogP contribution in [0.2, 0.25) is 0 Å². The molecule has 0 atom stereocenters. The summed E-state index contributed by atoms with van der Waals surface area (Å²) in [5, 5.41) is 12.1. The summed E-state index contributed by atoms with van der Waals surface area (Å²) in [7, 11) is 0. The van der Waals surface area contributed by atoms with Crippen molar-refractivity contribution in [1.82, 2.24) is 19.1 Å². The van der Waals surface area contributed by atoms with Gasteiger partial charge in [-0.05, 0) is 93.7 Å². The highest BCUT2D eigenvalue weighted by Crippen LogP contribution is 2.43. The van der Waals surface area contributed by atoms with E-state index in [-0.39, 0.29) is 0 Å². The highest BCUT2D eigenvalue weighted by Gasteiger charge is 2.21. The Morgan fingerprint density at radius 2 is 0.950 bits per heavy atom. The SMILES string of the molecule is c1ccc(-n2c3ccccc3c3cc(-c4nc5ccccc5nc4-c4cccc5c(-n6c7cc8ccccc8cc7c7c8ccccc8ccc76)cccc45)ccc32)cc1. The summed E-state index contributed by atoms with van der Waals surface area (Å²) >= 11 is 0. The largest absolute Gasteiger partial charge is 0.309 e. The number of para-hydroxylation sites is 4. The van der Waals surface area contributed by atoms with Crippen LogP contribution in [-0.2, 0) is 0 Å². The average Bonchev–Trinajstić information content (AvgIpc) is 3.82. The van der Waals surface area contributed by atoms with Gasteiger partial charge in [0, 0.05) is 43.7 Å². The molecule has 13 rings (SSSR count). The fraction of sp³-hybridized carbons (Fsp3) is 0. The molecule has 0 unspecified atom stereocenters. The monoisotopic (exact) mass is 762 g/mol. The molecule has 60 heavy (non-hydrogen) atoms. The molecule has 0 amide bonds. The van der Waals surface area contributed by atoms with Crippen LogP contribution in [0.1, 0.15) is 0 Å². The van der Waals surface area contributed by atoms with Crippen LogP contribution in [0.4, 0.5) is 0 Å². The van der Waals surface area contributed by atoms with Crippen molar-refractivity contribution in [2.45, 2.75) is 0 Å². The third kappa shape index (κ3) is 4.79. The van der Waals surface area contributed by atoms with Crippen molar-refractivity contribution in [2.24, 2.45) is 0 Å². The lowest BCUT2D eigenvalue weighted by Crippen LogP contribution is -1.98. The Balaban J connectivity index is 1.08. The minimum absolute atomic E-state index is 0.861. The summed E-state index contributed by atoms with van der Waals surface area (Å²) in [6, 6.07) is 74.3. The van der Waals surface area contributed by atoms with Gasteiger partial charge in [-0.1, -0.05) is 140 Å². The van der Waals surface area contributed by atoms with Crippen LogP contribution >= 0.6 is 0 Å². The lowest BCUT2D eigenvalue weighted by Gasteiger charge is -2.16. The average molecular weight is 763 g/mol. The van der Waals surface area contributed by atoms with Gasteiger partial charge in [0.1, 0.15) is 0 Å². The lowest BCUT2D eigenvalue weighted by atomic mass is 9.96. The van der Waals surface area contributed by atoms with E-state index >= 15 is 0 Å². The lowest BCUT2D eigenvalue weighted by molar-refractivity contribution is 1.18. The Labute approximate surface area is 344 Å². The number of rotatable bonds is 4. The molecule has 0 aliphatic heterocycles. The molecule has 4 heteroatoms. The van der Waals surface area contributed by atoms with Crippen LogP contribution in [0.5, 0.6) is 0 Å².